The standard InChI is InChI=1S/C23H25OP/c24-19-11-4-12-20-25(21-13-5-1-6-14-21,22-15-7-2-8-16-22)23-17-9-3-10-18-23/h1-3,5-10,13-19,25H,4,11-12,20H2. The molecular weight excluding hydrogens is 323 g/mol. The van der Waals surface area contributed by atoms with Gasteiger partial charge in [0.1, 0.15) is 0 Å². The van der Waals surface area contributed by atoms with Crippen LogP contribution in [0, 0.1) is 0 Å². The topological polar surface area (TPSA) is 17.1 Å². The summed E-state index contributed by atoms with van der Waals surface area (Å²) in [6, 6.07) is 32.9. The van der Waals surface area contributed by atoms with E-state index in [0.717, 1.165) is 25.3 Å². The van der Waals surface area contributed by atoms with E-state index in [1.54, 1.807) is 0 Å². The number of carbonyl (C=O) groups excluding carboxylic acids is 1. The van der Waals surface area contributed by atoms with Gasteiger partial charge in [-0.15, -0.1) is 0 Å². The zero-order chi connectivity index (χ0) is 17.4. The molecule has 0 N–H and O–H groups in total. The summed E-state index contributed by atoms with van der Waals surface area (Å²) in [4.78, 5) is 10.8. The summed E-state index contributed by atoms with van der Waals surface area (Å²) in [6.45, 7) is 0. The normalized spacial score (nSPS) is 11.8. The molecule has 0 heterocycles. The van der Waals surface area contributed by atoms with Crippen LogP contribution in [0.1, 0.15) is 19.3 Å². The van der Waals surface area contributed by atoms with Gasteiger partial charge in [-0.2, -0.15) is 0 Å². The average Bonchev–Trinajstić information content (AvgIpc) is 2.70. The van der Waals surface area contributed by atoms with Crippen LogP contribution in [0.4, 0.5) is 0 Å². The van der Waals surface area contributed by atoms with Crippen molar-refractivity contribution >= 4 is 29.5 Å². The van der Waals surface area contributed by atoms with E-state index in [1.807, 2.05) is 0 Å². The minimum atomic E-state index is -2.09. The van der Waals surface area contributed by atoms with Crippen LogP contribution in [0.15, 0.2) is 91.0 Å². The molecule has 0 aromatic heterocycles. The monoisotopic (exact) mass is 348 g/mol. The molecule has 0 fully saturated rings. The molecule has 1 nitrogen and oxygen atoms in total. The van der Waals surface area contributed by atoms with Crippen molar-refractivity contribution in [2.24, 2.45) is 0 Å². The fourth-order valence-corrected chi connectivity index (χ4v) is 8.65. The van der Waals surface area contributed by atoms with Crippen molar-refractivity contribution in [3.05, 3.63) is 91.0 Å². The van der Waals surface area contributed by atoms with Gasteiger partial charge in [0.15, 0.2) is 0 Å². The molecule has 0 unspecified atom stereocenters. The van der Waals surface area contributed by atoms with Gasteiger partial charge >= 0.3 is 151 Å². The molecule has 0 radical (unpaired) electrons. The van der Waals surface area contributed by atoms with Crippen molar-refractivity contribution in [3.8, 4) is 0 Å². The summed E-state index contributed by atoms with van der Waals surface area (Å²) in [5.41, 5.74) is 0. The number of rotatable bonds is 8. The Morgan fingerprint density at radius 1 is 0.600 bits per heavy atom. The molecule has 3 aromatic rings. The Morgan fingerprint density at radius 2 is 1.00 bits per heavy atom. The van der Waals surface area contributed by atoms with Crippen LogP contribution in [0.3, 0.4) is 0 Å². The molecule has 128 valence electrons. The molecular formula is C23H25OP. The Balaban J connectivity index is 2.15. The molecule has 0 saturated heterocycles. The first kappa shape index (κ1) is 17.6. The van der Waals surface area contributed by atoms with E-state index < -0.39 is 7.26 Å². The Hall–Kier alpha value is -2.24. The van der Waals surface area contributed by atoms with E-state index in [1.165, 1.54) is 15.9 Å². The molecule has 0 atom stereocenters. The number of hydrogen-bond acceptors (Lipinski definition) is 1. The number of unbranched alkanes of at least 4 members (excludes halogenated alkanes) is 2. The number of benzene rings is 3. The third kappa shape index (κ3) is 3.89. The van der Waals surface area contributed by atoms with Crippen LogP contribution >= 0.6 is 7.26 Å². The quantitative estimate of drug-likeness (QED) is 0.341. The first-order valence-electron chi connectivity index (χ1n) is 8.98. The maximum absolute atomic E-state index is 10.8. The number of aldehydes is 1. The van der Waals surface area contributed by atoms with Crippen molar-refractivity contribution in [1.29, 1.82) is 0 Å². The average molecular weight is 348 g/mol. The summed E-state index contributed by atoms with van der Waals surface area (Å²) in [6.07, 6.45) is 4.85. The molecule has 2 heteroatoms. The Bertz CT molecular complexity index is 672. The number of hydrogen-bond donors (Lipinski definition) is 0. The second-order valence-corrected chi connectivity index (χ2v) is 10.5. The molecule has 3 aromatic carbocycles. The fourth-order valence-electron chi connectivity index (χ4n) is 3.72. The van der Waals surface area contributed by atoms with E-state index in [-0.39, 0.29) is 0 Å². The SMILES string of the molecule is O=CCCCC[PH](c1ccccc1)(c1ccccc1)c1ccccc1. The zero-order valence-corrected chi connectivity index (χ0v) is 15.5. The summed E-state index contributed by atoms with van der Waals surface area (Å²) >= 11 is 0. The number of carbonyl (C=O) groups is 1. The summed E-state index contributed by atoms with van der Waals surface area (Å²) < 4.78 is 0. The van der Waals surface area contributed by atoms with Gasteiger partial charge in [0, 0.05) is 0 Å². The van der Waals surface area contributed by atoms with E-state index in [2.05, 4.69) is 91.0 Å². The van der Waals surface area contributed by atoms with Crippen LogP contribution in [0.5, 0.6) is 0 Å². The summed E-state index contributed by atoms with van der Waals surface area (Å²) in [7, 11) is -2.09. The van der Waals surface area contributed by atoms with Crippen LogP contribution in [0.25, 0.3) is 0 Å². The summed E-state index contributed by atoms with van der Waals surface area (Å²) in [5.74, 6) is 0. The van der Waals surface area contributed by atoms with Crippen LogP contribution in [-0.4, -0.2) is 12.4 Å². The van der Waals surface area contributed by atoms with Gasteiger partial charge in [0.2, 0.25) is 0 Å². The Labute approximate surface area is 151 Å². The molecule has 0 aliphatic carbocycles. The summed E-state index contributed by atoms with van der Waals surface area (Å²) in [5, 5.41) is 4.33. The maximum atomic E-state index is 10.8. The molecule has 0 aliphatic rings. The second kappa shape index (κ2) is 8.74. The predicted molar refractivity (Wildman–Crippen MR) is 111 cm³/mol. The van der Waals surface area contributed by atoms with Gasteiger partial charge in [0.05, 0.1) is 0 Å². The fraction of sp³-hybridized carbons (Fsp3) is 0.174. The van der Waals surface area contributed by atoms with E-state index in [0.29, 0.717) is 6.42 Å². The Kier molecular flexibility index (Phi) is 6.14. The van der Waals surface area contributed by atoms with Crippen LogP contribution < -0.4 is 15.9 Å². The minimum absolute atomic E-state index is 0.656. The van der Waals surface area contributed by atoms with Gasteiger partial charge in [-0.1, -0.05) is 0 Å². The second-order valence-electron chi connectivity index (χ2n) is 6.42. The first-order valence-corrected chi connectivity index (χ1v) is 11.2. The van der Waals surface area contributed by atoms with Gasteiger partial charge < -0.3 is 0 Å². The van der Waals surface area contributed by atoms with Gasteiger partial charge in [-0.3, -0.25) is 0 Å². The molecule has 3 rings (SSSR count). The zero-order valence-electron chi connectivity index (χ0n) is 14.5. The van der Waals surface area contributed by atoms with Crippen molar-refractivity contribution in [3.63, 3.8) is 0 Å². The van der Waals surface area contributed by atoms with Crippen molar-refractivity contribution in [1.82, 2.24) is 0 Å². The van der Waals surface area contributed by atoms with E-state index >= 15 is 0 Å². The molecule has 25 heavy (non-hydrogen) atoms. The molecule has 0 saturated carbocycles. The molecule has 0 aliphatic heterocycles. The van der Waals surface area contributed by atoms with Gasteiger partial charge in [-0.25, -0.2) is 0 Å². The predicted octanol–water partition coefficient (Wildman–Crippen LogP) is 4.08. The van der Waals surface area contributed by atoms with Gasteiger partial charge in [0.25, 0.3) is 0 Å². The van der Waals surface area contributed by atoms with Crippen molar-refractivity contribution in [2.75, 3.05) is 6.16 Å². The van der Waals surface area contributed by atoms with E-state index in [4.69, 9.17) is 0 Å². The Morgan fingerprint density at radius 3 is 1.36 bits per heavy atom. The van der Waals surface area contributed by atoms with Crippen molar-refractivity contribution < 1.29 is 4.79 Å². The first-order chi connectivity index (χ1) is 12.4. The third-order valence-electron chi connectivity index (χ3n) is 4.92. The molecule has 0 bridgehead atoms. The van der Waals surface area contributed by atoms with Crippen LogP contribution in [0.2, 0.25) is 0 Å². The van der Waals surface area contributed by atoms with Gasteiger partial charge in [-0.05, 0) is 0 Å². The third-order valence-corrected chi connectivity index (χ3v) is 9.98. The molecule has 0 amide bonds. The molecule has 0 spiro atoms. The van der Waals surface area contributed by atoms with Crippen LogP contribution in [-0.2, 0) is 4.79 Å². The van der Waals surface area contributed by atoms with Crippen molar-refractivity contribution in [2.45, 2.75) is 19.3 Å². The van der Waals surface area contributed by atoms with E-state index in [9.17, 15) is 4.79 Å².